The van der Waals surface area contributed by atoms with Gasteiger partial charge in [0.05, 0.1) is 11.9 Å². The highest BCUT2D eigenvalue weighted by Gasteiger charge is 2.22. The van der Waals surface area contributed by atoms with Crippen molar-refractivity contribution in [1.29, 1.82) is 0 Å². The van der Waals surface area contributed by atoms with Crippen LogP contribution in [0.4, 0.5) is 15.8 Å². The van der Waals surface area contributed by atoms with E-state index in [-0.39, 0.29) is 17.3 Å². The molecule has 6 heteroatoms. The fourth-order valence-corrected chi connectivity index (χ4v) is 3.13. The molecule has 0 unspecified atom stereocenters. The van der Waals surface area contributed by atoms with Gasteiger partial charge in [-0.25, -0.2) is 4.39 Å². The summed E-state index contributed by atoms with van der Waals surface area (Å²) in [6, 6.07) is 13.3. The molecule has 26 heavy (non-hydrogen) atoms. The largest absolute Gasteiger partial charge is 0.321 e. The number of nitrogens with one attached hydrogen (secondary N) is 1. The molecule has 2 aromatic carbocycles. The molecule has 0 saturated carbocycles. The molecule has 1 saturated heterocycles. The van der Waals surface area contributed by atoms with Crippen molar-refractivity contribution in [2.24, 2.45) is 0 Å². The van der Waals surface area contributed by atoms with E-state index in [0.29, 0.717) is 29.6 Å². The van der Waals surface area contributed by atoms with Crippen LogP contribution in [-0.4, -0.2) is 23.3 Å². The Hall–Kier alpha value is -3.28. The summed E-state index contributed by atoms with van der Waals surface area (Å²) in [7, 11) is 0. The third-order valence-corrected chi connectivity index (χ3v) is 4.41. The van der Waals surface area contributed by atoms with E-state index in [4.69, 9.17) is 0 Å². The van der Waals surface area contributed by atoms with Crippen LogP contribution in [0.2, 0.25) is 0 Å². The molecule has 0 radical (unpaired) electrons. The van der Waals surface area contributed by atoms with E-state index in [1.165, 1.54) is 12.3 Å². The minimum atomic E-state index is -0.400. The standard InChI is InChI=1S/C20H16FN3O2/c21-17-7-2-4-13-10-15(12-22-19(13)17)23-20(26)14-5-1-6-16(11-14)24-9-3-8-18(24)25/h1-2,4-7,10-12H,3,8-9H2,(H,23,26). The Kier molecular flexibility index (Phi) is 4.08. The SMILES string of the molecule is O=C(Nc1cnc2c(F)cccc2c1)c1cccc(N2CCCC2=O)c1. The van der Waals surface area contributed by atoms with Crippen molar-refractivity contribution in [3.8, 4) is 0 Å². The van der Waals surface area contributed by atoms with Gasteiger partial charge in [0.1, 0.15) is 11.3 Å². The number of halogens is 1. The zero-order valence-corrected chi connectivity index (χ0v) is 13.9. The number of hydrogen-bond donors (Lipinski definition) is 1. The van der Waals surface area contributed by atoms with Crippen LogP contribution in [0.3, 0.4) is 0 Å². The number of hydrogen-bond acceptors (Lipinski definition) is 3. The van der Waals surface area contributed by atoms with Crippen LogP contribution in [0, 0.1) is 5.82 Å². The number of aromatic nitrogens is 1. The van der Waals surface area contributed by atoms with Gasteiger partial charge in [0, 0.05) is 29.6 Å². The molecular formula is C20H16FN3O2. The highest BCUT2D eigenvalue weighted by Crippen LogP contribution is 2.23. The first-order chi connectivity index (χ1) is 12.6. The van der Waals surface area contributed by atoms with Crippen molar-refractivity contribution < 1.29 is 14.0 Å². The minimum absolute atomic E-state index is 0.0725. The summed E-state index contributed by atoms with van der Waals surface area (Å²) in [5.41, 5.74) is 1.91. The summed E-state index contributed by atoms with van der Waals surface area (Å²) in [4.78, 5) is 30.2. The lowest BCUT2D eigenvalue weighted by atomic mass is 10.1. The minimum Gasteiger partial charge on any atom is -0.321 e. The number of anilines is 2. The summed E-state index contributed by atoms with van der Waals surface area (Å²) in [6.07, 6.45) is 2.79. The van der Waals surface area contributed by atoms with E-state index in [1.807, 2.05) is 6.07 Å². The van der Waals surface area contributed by atoms with Crippen LogP contribution in [0.15, 0.2) is 54.7 Å². The van der Waals surface area contributed by atoms with Gasteiger partial charge in [0.2, 0.25) is 5.91 Å². The smallest absolute Gasteiger partial charge is 0.255 e. The van der Waals surface area contributed by atoms with Crippen molar-refractivity contribution in [3.05, 3.63) is 66.1 Å². The topological polar surface area (TPSA) is 62.3 Å². The summed E-state index contributed by atoms with van der Waals surface area (Å²) < 4.78 is 13.7. The first-order valence-corrected chi connectivity index (χ1v) is 8.38. The molecule has 1 fully saturated rings. The molecule has 3 aromatic rings. The second-order valence-corrected chi connectivity index (χ2v) is 6.19. The Morgan fingerprint density at radius 1 is 1.15 bits per heavy atom. The zero-order chi connectivity index (χ0) is 18.1. The number of carbonyl (C=O) groups is 2. The summed E-state index contributed by atoms with van der Waals surface area (Å²) >= 11 is 0. The normalized spacial score (nSPS) is 14.0. The molecule has 130 valence electrons. The molecular weight excluding hydrogens is 333 g/mol. The third kappa shape index (κ3) is 3.01. The molecule has 2 amide bonds. The number of amides is 2. The van der Waals surface area contributed by atoms with Gasteiger partial charge in [-0.15, -0.1) is 0 Å². The number of nitrogens with zero attached hydrogens (tertiary/aromatic N) is 2. The summed E-state index contributed by atoms with van der Waals surface area (Å²) in [5, 5.41) is 3.38. The molecule has 0 atom stereocenters. The van der Waals surface area contributed by atoms with E-state index in [1.54, 1.807) is 41.3 Å². The highest BCUT2D eigenvalue weighted by molar-refractivity contribution is 6.06. The van der Waals surface area contributed by atoms with Gasteiger partial charge in [0.25, 0.3) is 5.91 Å². The van der Waals surface area contributed by atoms with Crippen LogP contribution < -0.4 is 10.2 Å². The number of fused-ring (bicyclic) bond motifs is 1. The van der Waals surface area contributed by atoms with Gasteiger partial charge in [-0.05, 0) is 36.8 Å². The predicted molar refractivity (Wildman–Crippen MR) is 97.7 cm³/mol. The van der Waals surface area contributed by atoms with Crippen molar-refractivity contribution in [3.63, 3.8) is 0 Å². The van der Waals surface area contributed by atoms with E-state index in [2.05, 4.69) is 10.3 Å². The second kappa shape index (κ2) is 6.55. The number of pyridine rings is 1. The lowest BCUT2D eigenvalue weighted by molar-refractivity contribution is -0.117. The average Bonchev–Trinajstić information content (AvgIpc) is 3.08. The van der Waals surface area contributed by atoms with E-state index < -0.39 is 5.82 Å². The van der Waals surface area contributed by atoms with Crippen LogP contribution >= 0.6 is 0 Å². The fraction of sp³-hybridized carbons (Fsp3) is 0.150. The lowest BCUT2D eigenvalue weighted by Gasteiger charge is -2.16. The molecule has 2 heterocycles. The molecule has 0 spiro atoms. The van der Waals surface area contributed by atoms with Gasteiger partial charge in [-0.2, -0.15) is 0 Å². The van der Waals surface area contributed by atoms with Crippen molar-refractivity contribution in [2.45, 2.75) is 12.8 Å². The predicted octanol–water partition coefficient (Wildman–Crippen LogP) is 3.75. The monoisotopic (exact) mass is 349 g/mol. The lowest BCUT2D eigenvalue weighted by Crippen LogP contribution is -2.24. The summed E-state index contributed by atoms with van der Waals surface area (Å²) in [5.74, 6) is -0.636. The molecule has 1 aromatic heterocycles. The van der Waals surface area contributed by atoms with Crippen LogP contribution in [0.5, 0.6) is 0 Å². The first-order valence-electron chi connectivity index (χ1n) is 8.38. The van der Waals surface area contributed by atoms with Crippen LogP contribution in [0.1, 0.15) is 23.2 Å². The number of para-hydroxylation sites is 1. The van der Waals surface area contributed by atoms with Gasteiger partial charge in [-0.3, -0.25) is 14.6 Å². The molecule has 5 nitrogen and oxygen atoms in total. The molecule has 1 N–H and O–H groups in total. The Morgan fingerprint density at radius 2 is 2.00 bits per heavy atom. The van der Waals surface area contributed by atoms with E-state index in [9.17, 15) is 14.0 Å². The molecule has 1 aliphatic rings. The fourth-order valence-electron chi connectivity index (χ4n) is 3.13. The van der Waals surface area contributed by atoms with Crippen molar-refractivity contribution in [2.75, 3.05) is 16.8 Å². The number of benzene rings is 2. The maximum atomic E-state index is 13.7. The quantitative estimate of drug-likeness (QED) is 0.783. The van der Waals surface area contributed by atoms with Gasteiger partial charge in [-0.1, -0.05) is 18.2 Å². The highest BCUT2D eigenvalue weighted by atomic mass is 19.1. The Balaban J connectivity index is 1.57. The maximum absolute atomic E-state index is 13.7. The number of carbonyl (C=O) groups excluding carboxylic acids is 2. The van der Waals surface area contributed by atoms with Crippen LogP contribution in [0.25, 0.3) is 10.9 Å². The van der Waals surface area contributed by atoms with E-state index in [0.717, 1.165) is 12.1 Å². The van der Waals surface area contributed by atoms with Gasteiger partial charge >= 0.3 is 0 Å². The summed E-state index contributed by atoms with van der Waals surface area (Å²) in [6.45, 7) is 0.671. The Labute approximate surface area is 149 Å². The zero-order valence-electron chi connectivity index (χ0n) is 13.9. The Bertz CT molecular complexity index is 1020. The van der Waals surface area contributed by atoms with Gasteiger partial charge < -0.3 is 10.2 Å². The molecule has 0 aliphatic carbocycles. The second-order valence-electron chi connectivity index (χ2n) is 6.19. The molecule has 0 bridgehead atoms. The average molecular weight is 349 g/mol. The van der Waals surface area contributed by atoms with Crippen molar-refractivity contribution in [1.82, 2.24) is 4.98 Å². The molecule has 4 rings (SSSR count). The first kappa shape index (κ1) is 16.2. The maximum Gasteiger partial charge on any atom is 0.255 e. The van der Waals surface area contributed by atoms with Crippen molar-refractivity contribution >= 4 is 34.1 Å². The Morgan fingerprint density at radius 3 is 2.81 bits per heavy atom. The van der Waals surface area contributed by atoms with Crippen LogP contribution in [-0.2, 0) is 4.79 Å². The van der Waals surface area contributed by atoms with E-state index >= 15 is 0 Å². The number of rotatable bonds is 3. The third-order valence-electron chi connectivity index (χ3n) is 4.41. The van der Waals surface area contributed by atoms with Gasteiger partial charge in [0.15, 0.2) is 0 Å². The molecule has 1 aliphatic heterocycles.